The maximum absolute atomic E-state index is 12.9. The molecule has 1 aromatic rings. The summed E-state index contributed by atoms with van der Waals surface area (Å²) in [5.74, 6) is 0.209. The molecule has 0 bridgehead atoms. The molecule has 19 heavy (non-hydrogen) atoms. The smallest absolute Gasteiger partial charge is 0.294 e. The molecule has 0 spiro atoms. The van der Waals surface area contributed by atoms with Gasteiger partial charge >= 0.3 is 6.18 Å². The second-order valence-electron chi connectivity index (χ2n) is 5.55. The largest absolute Gasteiger partial charge is 0.417 e. The summed E-state index contributed by atoms with van der Waals surface area (Å²) in [6, 6.07) is 5.16. The van der Waals surface area contributed by atoms with Crippen LogP contribution in [0.4, 0.5) is 13.2 Å². The van der Waals surface area contributed by atoms with Crippen LogP contribution >= 0.6 is 0 Å². The molecule has 2 aliphatic rings. The minimum Gasteiger partial charge on any atom is -0.294 e. The fraction of sp³-hybridized carbons (Fsp3) is 0.533. The quantitative estimate of drug-likeness (QED) is 0.730. The van der Waals surface area contributed by atoms with Crippen LogP contribution in [-0.2, 0) is 6.18 Å². The van der Waals surface area contributed by atoms with E-state index in [0.717, 1.165) is 31.7 Å². The summed E-state index contributed by atoms with van der Waals surface area (Å²) in [4.78, 5) is 12.3. The first kappa shape index (κ1) is 12.7. The van der Waals surface area contributed by atoms with Gasteiger partial charge in [-0.15, -0.1) is 0 Å². The second-order valence-corrected chi connectivity index (χ2v) is 5.55. The van der Waals surface area contributed by atoms with Gasteiger partial charge in [0.15, 0.2) is 5.78 Å². The molecular weight excluding hydrogens is 253 g/mol. The Morgan fingerprint density at radius 2 is 1.63 bits per heavy atom. The van der Waals surface area contributed by atoms with Gasteiger partial charge in [0, 0.05) is 11.5 Å². The van der Waals surface area contributed by atoms with Crippen LogP contribution in [0.15, 0.2) is 24.3 Å². The fourth-order valence-electron chi connectivity index (χ4n) is 3.51. The molecule has 0 aliphatic heterocycles. The number of Topliss-reactive ketones (excluding diaryl/α,β-unsaturated/α-hetero) is 1. The summed E-state index contributed by atoms with van der Waals surface area (Å²) in [5.41, 5.74) is -0.932. The highest BCUT2D eigenvalue weighted by atomic mass is 19.4. The van der Waals surface area contributed by atoms with Crippen molar-refractivity contribution < 1.29 is 18.0 Å². The van der Waals surface area contributed by atoms with E-state index in [-0.39, 0.29) is 17.3 Å². The first-order chi connectivity index (χ1) is 9.00. The van der Waals surface area contributed by atoms with Crippen molar-refractivity contribution in [2.75, 3.05) is 0 Å². The van der Waals surface area contributed by atoms with E-state index in [2.05, 4.69) is 0 Å². The molecule has 1 aromatic carbocycles. The van der Waals surface area contributed by atoms with Gasteiger partial charge in [-0.1, -0.05) is 31.0 Å². The Kier molecular flexibility index (Phi) is 2.91. The Hall–Kier alpha value is -1.32. The maximum atomic E-state index is 12.9. The third-order valence-corrected chi connectivity index (χ3v) is 4.46. The van der Waals surface area contributed by atoms with Gasteiger partial charge in [0.1, 0.15) is 0 Å². The number of alkyl halides is 3. The van der Waals surface area contributed by atoms with Crippen LogP contribution in [0, 0.1) is 17.8 Å². The number of hydrogen-bond acceptors (Lipinski definition) is 1. The van der Waals surface area contributed by atoms with E-state index in [1.165, 1.54) is 18.2 Å². The minimum absolute atomic E-state index is 0.144. The van der Waals surface area contributed by atoms with Crippen LogP contribution in [0.5, 0.6) is 0 Å². The molecule has 3 rings (SSSR count). The van der Waals surface area contributed by atoms with Crippen molar-refractivity contribution in [1.82, 2.24) is 0 Å². The van der Waals surface area contributed by atoms with E-state index < -0.39 is 11.7 Å². The zero-order chi connectivity index (χ0) is 13.6. The van der Waals surface area contributed by atoms with Crippen LogP contribution in [0.3, 0.4) is 0 Å². The molecule has 0 amide bonds. The average Bonchev–Trinajstić information content (AvgIpc) is 3.11. The Bertz CT molecular complexity index is 494. The first-order valence-corrected chi connectivity index (χ1v) is 6.70. The summed E-state index contributed by atoms with van der Waals surface area (Å²) < 4.78 is 38.7. The van der Waals surface area contributed by atoms with Crippen molar-refractivity contribution in [2.24, 2.45) is 17.8 Å². The summed E-state index contributed by atoms with van der Waals surface area (Å²) in [6.45, 7) is 0. The molecule has 2 atom stereocenters. The number of benzene rings is 1. The lowest BCUT2D eigenvalue weighted by Gasteiger charge is -2.11. The van der Waals surface area contributed by atoms with Crippen molar-refractivity contribution in [1.29, 1.82) is 0 Å². The van der Waals surface area contributed by atoms with Crippen molar-refractivity contribution in [2.45, 2.75) is 31.9 Å². The fourth-order valence-corrected chi connectivity index (χ4v) is 3.51. The summed E-state index contributed by atoms with van der Waals surface area (Å²) >= 11 is 0. The average molecular weight is 268 g/mol. The Morgan fingerprint density at radius 3 is 2.21 bits per heavy atom. The van der Waals surface area contributed by atoms with E-state index in [0.29, 0.717) is 11.8 Å². The minimum atomic E-state index is -4.45. The second kappa shape index (κ2) is 4.36. The summed E-state index contributed by atoms with van der Waals surface area (Å²) in [5, 5.41) is 0. The van der Waals surface area contributed by atoms with Gasteiger partial charge in [-0.25, -0.2) is 0 Å². The number of ketones is 1. The van der Waals surface area contributed by atoms with E-state index >= 15 is 0 Å². The number of halogens is 3. The molecule has 2 fully saturated rings. The number of rotatable bonds is 2. The van der Waals surface area contributed by atoms with E-state index in [9.17, 15) is 18.0 Å². The van der Waals surface area contributed by atoms with Gasteiger partial charge in [0.05, 0.1) is 5.56 Å². The maximum Gasteiger partial charge on any atom is 0.417 e. The molecule has 0 aromatic heterocycles. The molecule has 2 aliphatic carbocycles. The SMILES string of the molecule is O=C(c1ccccc1C(F)(F)F)C1C2CCCCC21. The van der Waals surface area contributed by atoms with Gasteiger partial charge in [-0.3, -0.25) is 4.79 Å². The summed E-state index contributed by atoms with van der Waals surface area (Å²) in [6.07, 6.45) is -0.255. The highest BCUT2D eigenvalue weighted by molar-refractivity contribution is 6.01. The van der Waals surface area contributed by atoms with E-state index in [4.69, 9.17) is 0 Å². The predicted molar refractivity (Wildman–Crippen MR) is 64.7 cm³/mol. The Morgan fingerprint density at radius 1 is 1.05 bits per heavy atom. The predicted octanol–water partition coefficient (Wildman–Crippen LogP) is 4.32. The monoisotopic (exact) mass is 268 g/mol. The van der Waals surface area contributed by atoms with Gasteiger partial charge in [0.2, 0.25) is 0 Å². The number of fused-ring (bicyclic) bond motifs is 1. The molecule has 0 radical (unpaired) electrons. The summed E-state index contributed by atoms with van der Waals surface area (Å²) in [7, 11) is 0. The third kappa shape index (κ3) is 2.17. The molecular formula is C15H15F3O. The molecule has 0 heterocycles. The van der Waals surface area contributed by atoms with Gasteiger partial charge in [0.25, 0.3) is 0 Å². The van der Waals surface area contributed by atoms with Crippen molar-refractivity contribution in [3.8, 4) is 0 Å². The van der Waals surface area contributed by atoms with Crippen LogP contribution in [-0.4, -0.2) is 5.78 Å². The lowest BCUT2D eigenvalue weighted by Crippen LogP contribution is -2.15. The molecule has 2 saturated carbocycles. The van der Waals surface area contributed by atoms with Gasteiger partial charge in [-0.05, 0) is 30.7 Å². The van der Waals surface area contributed by atoms with Crippen molar-refractivity contribution in [3.05, 3.63) is 35.4 Å². The van der Waals surface area contributed by atoms with E-state index in [1.807, 2.05) is 0 Å². The van der Waals surface area contributed by atoms with Gasteiger partial charge < -0.3 is 0 Å². The number of carbonyl (C=O) groups excluding carboxylic acids is 1. The first-order valence-electron chi connectivity index (χ1n) is 6.70. The highest BCUT2D eigenvalue weighted by Gasteiger charge is 2.55. The number of carbonyl (C=O) groups is 1. The molecule has 0 saturated heterocycles. The van der Waals surface area contributed by atoms with Crippen LogP contribution in [0.2, 0.25) is 0 Å². The van der Waals surface area contributed by atoms with Crippen LogP contribution < -0.4 is 0 Å². The lowest BCUT2D eigenvalue weighted by molar-refractivity contribution is -0.137. The van der Waals surface area contributed by atoms with Crippen molar-refractivity contribution in [3.63, 3.8) is 0 Å². The standard InChI is InChI=1S/C15H15F3O/c16-15(17,18)12-8-4-3-7-11(12)14(19)13-9-5-1-2-6-10(9)13/h3-4,7-10,13H,1-2,5-6H2. The van der Waals surface area contributed by atoms with Crippen LogP contribution in [0.1, 0.15) is 41.6 Å². The molecule has 1 nitrogen and oxygen atoms in total. The van der Waals surface area contributed by atoms with Crippen molar-refractivity contribution >= 4 is 5.78 Å². The molecule has 4 heteroatoms. The molecule has 0 N–H and O–H groups in total. The van der Waals surface area contributed by atoms with Crippen LogP contribution in [0.25, 0.3) is 0 Å². The van der Waals surface area contributed by atoms with Gasteiger partial charge in [-0.2, -0.15) is 13.2 Å². The molecule has 2 unspecified atom stereocenters. The zero-order valence-corrected chi connectivity index (χ0v) is 10.4. The number of hydrogen-bond donors (Lipinski definition) is 0. The molecule has 102 valence electrons. The lowest BCUT2D eigenvalue weighted by atomic mass is 9.99. The Labute approximate surface area is 109 Å². The normalized spacial score (nSPS) is 29.7. The highest BCUT2D eigenvalue weighted by Crippen LogP contribution is 2.57. The zero-order valence-electron chi connectivity index (χ0n) is 10.4. The third-order valence-electron chi connectivity index (χ3n) is 4.46. The Balaban J connectivity index is 1.89. The topological polar surface area (TPSA) is 17.1 Å². The van der Waals surface area contributed by atoms with E-state index in [1.54, 1.807) is 0 Å².